The lowest BCUT2D eigenvalue weighted by Gasteiger charge is -2.24. The fourth-order valence-corrected chi connectivity index (χ4v) is 2.47. The monoisotopic (exact) mass is 345 g/mol. The molecule has 1 aliphatic rings. The Kier molecular flexibility index (Phi) is 5.86. The van der Waals surface area contributed by atoms with Gasteiger partial charge in [-0.2, -0.15) is 5.26 Å². The smallest absolute Gasteiger partial charge is 0.410 e. The van der Waals surface area contributed by atoms with E-state index in [9.17, 15) is 9.59 Å². The zero-order chi connectivity index (χ0) is 18.4. The molecular weight excluding hydrogens is 322 g/mol. The first-order valence-corrected chi connectivity index (χ1v) is 8.18. The van der Waals surface area contributed by atoms with Gasteiger partial charge in [-0.3, -0.25) is 4.79 Å². The number of nitrogens with one attached hydrogen (secondary N) is 1. The first-order valence-electron chi connectivity index (χ1n) is 8.18. The predicted octanol–water partition coefficient (Wildman–Crippen LogP) is 2.06. The van der Waals surface area contributed by atoms with Crippen molar-refractivity contribution in [3.63, 3.8) is 0 Å². The van der Waals surface area contributed by atoms with Crippen LogP contribution in [0.3, 0.4) is 0 Å². The Morgan fingerprint density at radius 2 is 2.08 bits per heavy atom. The maximum absolute atomic E-state index is 12.0. The summed E-state index contributed by atoms with van der Waals surface area (Å²) in [4.78, 5) is 25.6. The van der Waals surface area contributed by atoms with E-state index < -0.39 is 5.60 Å². The lowest BCUT2D eigenvalue weighted by Crippen LogP contribution is -2.41. The lowest BCUT2D eigenvalue weighted by atomic mass is 10.2. The Morgan fingerprint density at radius 1 is 1.36 bits per heavy atom. The van der Waals surface area contributed by atoms with Gasteiger partial charge in [-0.05, 0) is 39.3 Å². The third kappa shape index (κ3) is 5.68. The van der Waals surface area contributed by atoms with Crippen molar-refractivity contribution in [2.24, 2.45) is 0 Å². The van der Waals surface area contributed by atoms with Gasteiger partial charge in [-0.25, -0.2) is 4.79 Å². The van der Waals surface area contributed by atoms with Gasteiger partial charge in [-0.15, -0.1) is 0 Å². The average molecular weight is 345 g/mol. The summed E-state index contributed by atoms with van der Waals surface area (Å²) in [7, 11) is 0. The molecule has 1 aromatic carbocycles. The number of likely N-dealkylation sites (tertiary alicyclic amines) is 1. The number of nitriles is 1. The normalized spacial score (nSPS) is 16.9. The SMILES string of the molecule is CC(C)(C)OC(=O)N1CC[C@H](NC(=O)COc2ccccc2C#N)C1. The van der Waals surface area contributed by atoms with Crippen LogP contribution in [0.5, 0.6) is 5.75 Å². The fourth-order valence-electron chi connectivity index (χ4n) is 2.47. The minimum atomic E-state index is -0.541. The second-order valence-corrected chi connectivity index (χ2v) is 6.88. The van der Waals surface area contributed by atoms with Crippen LogP contribution in [-0.4, -0.2) is 48.2 Å². The van der Waals surface area contributed by atoms with Gasteiger partial charge in [0.2, 0.25) is 0 Å². The van der Waals surface area contributed by atoms with E-state index >= 15 is 0 Å². The summed E-state index contributed by atoms with van der Waals surface area (Å²) >= 11 is 0. The molecule has 1 atom stereocenters. The molecule has 0 radical (unpaired) electrons. The van der Waals surface area contributed by atoms with Gasteiger partial charge in [0.05, 0.1) is 5.56 Å². The van der Waals surface area contributed by atoms with E-state index in [1.165, 1.54) is 0 Å². The highest BCUT2D eigenvalue weighted by atomic mass is 16.6. The molecular formula is C18H23N3O4. The summed E-state index contributed by atoms with van der Waals surface area (Å²) in [6.45, 7) is 6.22. The first kappa shape index (κ1) is 18.6. The summed E-state index contributed by atoms with van der Waals surface area (Å²) in [5, 5.41) is 11.8. The van der Waals surface area contributed by atoms with Crippen LogP contribution < -0.4 is 10.1 Å². The number of carbonyl (C=O) groups is 2. The third-order valence-electron chi connectivity index (χ3n) is 3.57. The van der Waals surface area contributed by atoms with Crippen LogP contribution in [-0.2, 0) is 9.53 Å². The molecule has 1 heterocycles. The summed E-state index contributed by atoms with van der Waals surface area (Å²) in [5.41, 5.74) is -0.160. The zero-order valence-corrected chi connectivity index (χ0v) is 14.7. The molecule has 0 spiro atoms. The van der Waals surface area contributed by atoms with E-state index in [4.69, 9.17) is 14.7 Å². The summed E-state index contributed by atoms with van der Waals surface area (Å²) in [6, 6.07) is 8.63. The molecule has 7 heteroatoms. The van der Waals surface area contributed by atoms with Crippen molar-refractivity contribution < 1.29 is 19.1 Å². The Hall–Kier alpha value is -2.75. The maximum atomic E-state index is 12.0. The van der Waals surface area contributed by atoms with E-state index in [2.05, 4.69) is 5.32 Å². The van der Waals surface area contributed by atoms with Crippen LogP contribution in [0.2, 0.25) is 0 Å². The zero-order valence-electron chi connectivity index (χ0n) is 14.7. The number of hydrogen-bond donors (Lipinski definition) is 1. The number of para-hydroxylation sites is 1. The largest absolute Gasteiger partial charge is 0.482 e. The molecule has 0 unspecified atom stereocenters. The van der Waals surface area contributed by atoms with Gasteiger partial charge in [0.1, 0.15) is 17.4 Å². The van der Waals surface area contributed by atoms with Gasteiger partial charge < -0.3 is 19.7 Å². The standard InChI is InChI=1S/C18H23N3O4/c1-18(2,3)25-17(23)21-9-8-14(11-21)20-16(22)12-24-15-7-5-4-6-13(15)10-19/h4-7,14H,8-9,11-12H2,1-3H3,(H,20,22)/t14-/m0/s1. The summed E-state index contributed by atoms with van der Waals surface area (Å²) < 4.78 is 10.7. The van der Waals surface area contributed by atoms with Crippen LogP contribution in [0.25, 0.3) is 0 Å². The van der Waals surface area contributed by atoms with Crippen molar-refractivity contribution in [1.29, 1.82) is 5.26 Å². The molecule has 0 saturated carbocycles. The van der Waals surface area contributed by atoms with Crippen molar-refractivity contribution in [1.82, 2.24) is 10.2 Å². The van der Waals surface area contributed by atoms with E-state index in [-0.39, 0.29) is 24.6 Å². The number of benzene rings is 1. The molecule has 2 rings (SSSR count). The second kappa shape index (κ2) is 7.88. The van der Waals surface area contributed by atoms with E-state index in [0.717, 1.165) is 0 Å². The molecule has 1 saturated heterocycles. The van der Waals surface area contributed by atoms with Crippen molar-refractivity contribution in [3.05, 3.63) is 29.8 Å². The summed E-state index contributed by atoms with van der Waals surface area (Å²) in [6.07, 6.45) is 0.295. The molecule has 7 nitrogen and oxygen atoms in total. The number of rotatable bonds is 4. The Morgan fingerprint density at radius 3 is 2.76 bits per heavy atom. The maximum Gasteiger partial charge on any atom is 0.410 e. The van der Waals surface area contributed by atoms with E-state index in [1.54, 1.807) is 29.2 Å². The topological polar surface area (TPSA) is 91.7 Å². The first-order chi connectivity index (χ1) is 11.8. The van der Waals surface area contributed by atoms with Crippen LogP contribution in [0.15, 0.2) is 24.3 Å². The van der Waals surface area contributed by atoms with Gasteiger partial charge in [-0.1, -0.05) is 12.1 Å². The van der Waals surface area contributed by atoms with Crippen LogP contribution >= 0.6 is 0 Å². The van der Waals surface area contributed by atoms with Crippen molar-refractivity contribution in [2.45, 2.75) is 38.8 Å². The van der Waals surface area contributed by atoms with Crippen LogP contribution in [0.4, 0.5) is 4.79 Å². The Labute approximate surface area is 147 Å². The molecule has 0 aromatic heterocycles. The number of ether oxygens (including phenoxy) is 2. The Balaban J connectivity index is 1.78. The molecule has 134 valence electrons. The molecule has 2 amide bonds. The molecule has 1 aromatic rings. The molecule has 0 bridgehead atoms. The van der Waals surface area contributed by atoms with Gasteiger partial charge in [0.15, 0.2) is 6.61 Å². The minimum absolute atomic E-state index is 0.130. The fraction of sp³-hybridized carbons (Fsp3) is 0.500. The number of amides is 2. The molecule has 25 heavy (non-hydrogen) atoms. The summed E-state index contributed by atoms with van der Waals surface area (Å²) in [5.74, 6) is 0.0886. The predicted molar refractivity (Wildman–Crippen MR) is 91.0 cm³/mol. The highest BCUT2D eigenvalue weighted by molar-refractivity contribution is 5.78. The van der Waals surface area contributed by atoms with Gasteiger partial charge in [0, 0.05) is 19.1 Å². The van der Waals surface area contributed by atoms with E-state index in [0.29, 0.717) is 30.8 Å². The highest BCUT2D eigenvalue weighted by Crippen LogP contribution is 2.17. The van der Waals surface area contributed by atoms with Gasteiger partial charge >= 0.3 is 6.09 Å². The average Bonchev–Trinajstić information content (AvgIpc) is 3.00. The number of carbonyl (C=O) groups excluding carboxylic acids is 2. The van der Waals surface area contributed by atoms with Crippen molar-refractivity contribution >= 4 is 12.0 Å². The third-order valence-corrected chi connectivity index (χ3v) is 3.57. The lowest BCUT2D eigenvalue weighted by molar-refractivity contribution is -0.123. The quantitative estimate of drug-likeness (QED) is 0.902. The molecule has 1 aliphatic heterocycles. The van der Waals surface area contributed by atoms with E-state index in [1.807, 2.05) is 26.8 Å². The van der Waals surface area contributed by atoms with Gasteiger partial charge in [0.25, 0.3) is 5.91 Å². The Bertz CT molecular complexity index is 676. The molecule has 1 N–H and O–H groups in total. The molecule has 1 fully saturated rings. The van der Waals surface area contributed by atoms with Crippen molar-refractivity contribution in [2.75, 3.05) is 19.7 Å². The second-order valence-electron chi connectivity index (χ2n) is 6.88. The van der Waals surface area contributed by atoms with Crippen LogP contribution in [0.1, 0.15) is 32.8 Å². The number of nitrogens with zero attached hydrogens (tertiary/aromatic N) is 2. The van der Waals surface area contributed by atoms with Crippen LogP contribution in [0, 0.1) is 11.3 Å². The van der Waals surface area contributed by atoms with Crippen molar-refractivity contribution in [3.8, 4) is 11.8 Å². The highest BCUT2D eigenvalue weighted by Gasteiger charge is 2.30. The minimum Gasteiger partial charge on any atom is -0.482 e. The number of hydrogen-bond acceptors (Lipinski definition) is 5. The molecule has 0 aliphatic carbocycles.